The molecule has 1 amide bonds. The Bertz CT molecular complexity index is 1450. The lowest BCUT2D eigenvalue weighted by Gasteiger charge is -2.32. The minimum Gasteiger partial charge on any atom is -0.394 e. The van der Waals surface area contributed by atoms with Crippen molar-refractivity contribution in [3.05, 3.63) is 70.6 Å². The molecule has 0 aliphatic carbocycles. The number of carbonyl (C=O) groups is 1. The molecule has 1 aliphatic rings. The highest BCUT2D eigenvalue weighted by molar-refractivity contribution is 6.32. The van der Waals surface area contributed by atoms with Gasteiger partial charge in [0, 0.05) is 30.9 Å². The van der Waals surface area contributed by atoms with Crippen molar-refractivity contribution < 1.29 is 41.4 Å². The summed E-state index contributed by atoms with van der Waals surface area (Å²) in [4.78, 5) is 25.1. The standard InChI is InChI=1S/C28H27ClF6N4O3/c1-26(2,15-7-16(27(30,31)32)9-17(8-15)28(33,34)35)25(42)38(3)22-12-37-23(39-13-19(41)10-18(39)14-40)11-21(22)20-5-4-6-36-24(20)29/h4-9,11-12,18-19,40-41H,10,13-14H2,1-3H3/t18-,19+/m0/s1. The van der Waals surface area contributed by atoms with Crippen LogP contribution in [0.2, 0.25) is 5.15 Å². The van der Waals surface area contributed by atoms with Crippen LogP contribution < -0.4 is 9.80 Å². The Labute approximate surface area is 242 Å². The van der Waals surface area contributed by atoms with Gasteiger partial charge in [0.25, 0.3) is 0 Å². The van der Waals surface area contributed by atoms with E-state index in [0.29, 0.717) is 35.5 Å². The fraction of sp³-hybridized carbons (Fsp3) is 0.393. The molecule has 3 heterocycles. The highest BCUT2D eigenvalue weighted by Gasteiger charge is 2.41. The van der Waals surface area contributed by atoms with E-state index < -0.39 is 52.5 Å². The van der Waals surface area contributed by atoms with E-state index >= 15 is 0 Å². The number of likely N-dealkylation sites (N-methyl/N-ethyl adjacent to an activating group) is 1. The third-order valence-corrected chi connectivity index (χ3v) is 7.63. The molecule has 0 saturated carbocycles. The van der Waals surface area contributed by atoms with Gasteiger partial charge in [-0.05, 0) is 62.2 Å². The average molecular weight is 617 g/mol. The Kier molecular flexibility index (Phi) is 8.51. The molecule has 226 valence electrons. The molecule has 1 fully saturated rings. The van der Waals surface area contributed by atoms with Crippen LogP contribution in [0.5, 0.6) is 0 Å². The van der Waals surface area contributed by atoms with Crippen LogP contribution in [0.4, 0.5) is 37.8 Å². The third kappa shape index (κ3) is 6.18. The van der Waals surface area contributed by atoms with E-state index in [9.17, 15) is 41.4 Å². The van der Waals surface area contributed by atoms with Crippen molar-refractivity contribution in [3.63, 3.8) is 0 Å². The van der Waals surface area contributed by atoms with Crippen molar-refractivity contribution in [2.24, 2.45) is 0 Å². The number of halogens is 7. The van der Waals surface area contributed by atoms with Crippen molar-refractivity contribution in [2.75, 3.05) is 30.0 Å². The summed E-state index contributed by atoms with van der Waals surface area (Å²) in [6.07, 6.45) is -7.83. The smallest absolute Gasteiger partial charge is 0.394 e. The average Bonchev–Trinajstić information content (AvgIpc) is 3.31. The number of alkyl halides is 6. The summed E-state index contributed by atoms with van der Waals surface area (Å²) in [5.74, 6) is -0.479. The van der Waals surface area contributed by atoms with Crippen molar-refractivity contribution in [2.45, 2.75) is 50.2 Å². The molecule has 14 heteroatoms. The van der Waals surface area contributed by atoms with E-state index in [0.717, 1.165) is 4.90 Å². The molecule has 2 atom stereocenters. The van der Waals surface area contributed by atoms with Gasteiger partial charge in [-0.3, -0.25) is 4.79 Å². The number of β-amino-alcohol motifs (C(OH)–C–C–N with tert-alkyl or cyclic N) is 1. The molecule has 2 N–H and O–H groups in total. The van der Waals surface area contributed by atoms with E-state index in [2.05, 4.69) is 9.97 Å². The molecular formula is C28H27ClF6N4O3. The fourth-order valence-electron chi connectivity index (χ4n) is 4.98. The zero-order chi connectivity index (χ0) is 31.2. The first-order valence-corrected chi connectivity index (χ1v) is 13.1. The lowest BCUT2D eigenvalue weighted by molar-refractivity contribution is -0.143. The molecule has 2 aromatic heterocycles. The van der Waals surface area contributed by atoms with Gasteiger partial charge in [0.1, 0.15) is 11.0 Å². The number of rotatable bonds is 6. The topological polar surface area (TPSA) is 89.8 Å². The Morgan fingerprint density at radius 2 is 1.62 bits per heavy atom. The van der Waals surface area contributed by atoms with Crippen LogP contribution in [0.3, 0.4) is 0 Å². The monoisotopic (exact) mass is 616 g/mol. The molecule has 0 unspecified atom stereocenters. The number of pyridine rings is 2. The summed E-state index contributed by atoms with van der Waals surface area (Å²) >= 11 is 6.37. The van der Waals surface area contributed by atoms with Crippen LogP contribution >= 0.6 is 11.6 Å². The highest BCUT2D eigenvalue weighted by Crippen LogP contribution is 2.42. The first kappa shape index (κ1) is 31.5. The first-order valence-electron chi connectivity index (χ1n) is 12.7. The molecule has 7 nitrogen and oxygen atoms in total. The number of hydrogen-bond acceptors (Lipinski definition) is 6. The van der Waals surface area contributed by atoms with Crippen LogP contribution in [-0.2, 0) is 22.6 Å². The summed E-state index contributed by atoms with van der Waals surface area (Å²) < 4.78 is 81.3. The summed E-state index contributed by atoms with van der Waals surface area (Å²) in [5, 5.41) is 20.0. The minimum atomic E-state index is -5.08. The van der Waals surface area contributed by atoms with Crippen molar-refractivity contribution >= 4 is 29.0 Å². The summed E-state index contributed by atoms with van der Waals surface area (Å²) in [6.45, 7) is 2.39. The van der Waals surface area contributed by atoms with Crippen molar-refractivity contribution in [1.29, 1.82) is 0 Å². The minimum absolute atomic E-state index is 0.00780. The van der Waals surface area contributed by atoms with Crippen molar-refractivity contribution in [3.8, 4) is 11.1 Å². The number of aromatic nitrogens is 2. The second-order valence-corrected chi connectivity index (χ2v) is 10.9. The zero-order valence-electron chi connectivity index (χ0n) is 22.6. The fourth-order valence-corrected chi connectivity index (χ4v) is 5.20. The summed E-state index contributed by atoms with van der Waals surface area (Å²) in [5.41, 5.74) is -4.55. The van der Waals surface area contributed by atoms with Gasteiger partial charge in [-0.25, -0.2) is 9.97 Å². The number of anilines is 2. The predicted molar refractivity (Wildman–Crippen MR) is 144 cm³/mol. The molecule has 1 saturated heterocycles. The maximum atomic E-state index is 13.8. The summed E-state index contributed by atoms with van der Waals surface area (Å²) in [7, 11) is 1.32. The van der Waals surface area contributed by atoms with Gasteiger partial charge in [-0.1, -0.05) is 11.6 Å². The van der Waals surface area contributed by atoms with E-state index in [1.807, 2.05) is 0 Å². The normalized spacial score (nSPS) is 18.0. The lowest BCUT2D eigenvalue weighted by atomic mass is 9.81. The molecule has 1 aliphatic heterocycles. The van der Waals surface area contributed by atoms with E-state index in [4.69, 9.17) is 11.6 Å². The molecule has 0 spiro atoms. The number of nitrogens with zero attached hydrogens (tertiary/aromatic N) is 4. The molecule has 1 aromatic carbocycles. The second-order valence-electron chi connectivity index (χ2n) is 10.6. The van der Waals surface area contributed by atoms with Gasteiger partial charge >= 0.3 is 12.4 Å². The Morgan fingerprint density at radius 1 is 1.02 bits per heavy atom. The largest absolute Gasteiger partial charge is 0.416 e. The number of aliphatic hydroxyl groups excluding tert-OH is 2. The van der Waals surface area contributed by atoms with Crippen LogP contribution in [0.1, 0.15) is 37.0 Å². The number of hydrogen-bond donors (Lipinski definition) is 2. The molecule has 0 radical (unpaired) electrons. The van der Waals surface area contributed by atoms with Crippen LogP contribution in [0.25, 0.3) is 11.1 Å². The quantitative estimate of drug-likeness (QED) is 0.273. The molecule has 3 aromatic rings. The lowest BCUT2D eigenvalue weighted by Crippen LogP contribution is -2.42. The van der Waals surface area contributed by atoms with Gasteiger partial charge in [0.05, 0.1) is 47.2 Å². The number of carbonyl (C=O) groups excluding carboxylic acids is 1. The second kappa shape index (κ2) is 11.3. The first-order chi connectivity index (χ1) is 19.4. The molecule has 0 bridgehead atoms. The summed E-state index contributed by atoms with van der Waals surface area (Å²) in [6, 6.07) is 5.43. The van der Waals surface area contributed by atoms with Gasteiger partial charge in [0.2, 0.25) is 5.91 Å². The Morgan fingerprint density at radius 3 is 2.17 bits per heavy atom. The van der Waals surface area contributed by atoms with Crippen molar-refractivity contribution in [1.82, 2.24) is 9.97 Å². The van der Waals surface area contributed by atoms with E-state index in [1.165, 1.54) is 33.3 Å². The van der Waals surface area contributed by atoms with Gasteiger partial charge < -0.3 is 20.0 Å². The SMILES string of the molecule is CN(C(=O)C(C)(C)c1cc(C(F)(F)F)cc(C(F)(F)F)c1)c1cnc(N2C[C@H](O)C[C@H]2CO)cc1-c1cccnc1Cl. The third-order valence-electron chi connectivity index (χ3n) is 7.33. The maximum Gasteiger partial charge on any atom is 0.416 e. The van der Waals surface area contributed by atoms with Crippen LogP contribution in [0, 0.1) is 0 Å². The van der Waals surface area contributed by atoms with Gasteiger partial charge in [0.15, 0.2) is 0 Å². The highest BCUT2D eigenvalue weighted by atomic mass is 35.5. The van der Waals surface area contributed by atoms with E-state index in [1.54, 1.807) is 23.1 Å². The Balaban J connectivity index is 1.82. The molecule has 42 heavy (non-hydrogen) atoms. The zero-order valence-corrected chi connectivity index (χ0v) is 23.4. The number of aliphatic hydroxyl groups is 2. The number of amides is 1. The molecular weight excluding hydrogens is 590 g/mol. The van der Waals surface area contributed by atoms with Crippen LogP contribution in [0.15, 0.2) is 48.8 Å². The maximum absolute atomic E-state index is 13.8. The number of benzene rings is 1. The van der Waals surface area contributed by atoms with E-state index in [-0.39, 0.29) is 30.1 Å². The predicted octanol–water partition coefficient (Wildman–Crippen LogP) is 5.71. The van der Waals surface area contributed by atoms with Gasteiger partial charge in [-0.2, -0.15) is 26.3 Å². The molecule has 4 rings (SSSR count). The van der Waals surface area contributed by atoms with Gasteiger partial charge in [-0.15, -0.1) is 0 Å². The van der Waals surface area contributed by atoms with Crippen LogP contribution in [-0.4, -0.2) is 58.4 Å². The Hall–Kier alpha value is -3.42.